The predicted octanol–water partition coefficient (Wildman–Crippen LogP) is -0.187. The van der Waals surface area contributed by atoms with E-state index in [1.165, 1.54) is 0 Å². The number of nitrogens with zero attached hydrogens (tertiary/aromatic N) is 2. The third kappa shape index (κ3) is 2.06. The molecule has 1 aromatic heterocycles. The fraction of sp³-hybridized carbons (Fsp3) is 0.417. The fourth-order valence-corrected chi connectivity index (χ4v) is 2.14. The lowest BCUT2D eigenvalue weighted by molar-refractivity contribution is -0.153. The highest BCUT2D eigenvalue weighted by Gasteiger charge is 2.43. The number of carbonyl (C=O) groups is 2. The highest BCUT2D eigenvalue weighted by atomic mass is 16.4. The molecule has 0 radical (unpaired) electrons. The molecule has 1 saturated heterocycles. The Morgan fingerprint density at radius 2 is 2.17 bits per heavy atom. The van der Waals surface area contributed by atoms with Gasteiger partial charge in [0, 0.05) is 25.5 Å². The van der Waals surface area contributed by atoms with Crippen LogP contribution in [0.25, 0.3) is 0 Å². The van der Waals surface area contributed by atoms with Crippen LogP contribution in [0.4, 0.5) is 0 Å². The summed E-state index contributed by atoms with van der Waals surface area (Å²) < 4.78 is 0. The minimum absolute atomic E-state index is 0.0884. The van der Waals surface area contributed by atoms with Gasteiger partial charge >= 0.3 is 5.97 Å². The second kappa shape index (κ2) is 4.73. The zero-order valence-corrected chi connectivity index (χ0v) is 10.1. The molecular formula is C12H15N3O3. The van der Waals surface area contributed by atoms with E-state index in [-0.39, 0.29) is 12.5 Å². The van der Waals surface area contributed by atoms with Crippen LogP contribution in [0.1, 0.15) is 12.5 Å². The van der Waals surface area contributed by atoms with Gasteiger partial charge < -0.3 is 10.4 Å². The summed E-state index contributed by atoms with van der Waals surface area (Å²) in [5, 5.41) is 12.2. The normalized spacial score (nSPS) is 19.9. The molecule has 2 N–H and O–H groups in total. The number of rotatable bonds is 3. The molecular weight excluding hydrogens is 234 g/mol. The van der Waals surface area contributed by atoms with Gasteiger partial charge in [0.15, 0.2) is 0 Å². The van der Waals surface area contributed by atoms with E-state index in [2.05, 4.69) is 10.3 Å². The van der Waals surface area contributed by atoms with Crippen LogP contribution in [0.2, 0.25) is 0 Å². The van der Waals surface area contributed by atoms with Crippen molar-refractivity contribution in [3.8, 4) is 0 Å². The maximum atomic E-state index is 11.6. The van der Waals surface area contributed by atoms with Crippen molar-refractivity contribution >= 4 is 11.9 Å². The highest BCUT2D eigenvalue weighted by Crippen LogP contribution is 2.28. The van der Waals surface area contributed by atoms with Crippen molar-refractivity contribution in [2.75, 3.05) is 19.6 Å². The molecule has 6 heteroatoms. The Morgan fingerprint density at radius 1 is 1.50 bits per heavy atom. The lowest BCUT2D eigenvalue weighted by Gasteiger charge is -2.39. The molecule has 18 heavy (non-hydrogen) atoms. The summed E-state index contributed by atoms with van der Waals surface area (Å²) in [4.78, 5) is 28.6. The molecule has 2 rings (SSSR count). The van der Waals surface area contributed by atoms with Gasteiger partial charge in [-0.15, -0.1) is 0 Å². The summed E-state index contributed by atoms with van der Waals surface area (Å²) in [5.41, 5.74) is -0.583. The lowest BCUT2D eigenvalue weighted by atomic mass is 9.90. The Balaban J connectivity index is 2.38. The molecule has 0 aromatic carbocycles. The van der Waals surface area contributed by atoms with E-state index in [4.69, 9.17) is 0 Å². The molecule has 96 valence electrons. The van der Waals surface area contributed by atoms with Crippen LogP contribution in [-0.4, -0.2) is 46.5 Å². The summed E-state index contributed by atoms with van der Waals surface area (Å²) in [6, 6.07) is 3.33. The van der Waals surface area contributed by atoms with Gasteiger partial charge in [-0.25, -0.2) is 4.79 Å². The summed E-state index contributed by atoms with van der Waals surface area (Å²) in [5.74, 6) is -1.12. The first-order valence-corrected chi connectivity index (χ1v) is 5.71. The van der Waals surface area contributed by atoms with Gasteiger partial charge in [0.25, 0.3) is 0 Å². The molecule has 1 aliphatic heterocycles. The molecule has 0 bridgehead atoms. The Labute approximate surface area is 105 Å². The number of piperazine rings is 1. The van der Waals surface area contributed by atoms with Crippen LogP contribution in [0.3, 0.4) is 0 Å². The van der Waals surface area contributed by atoms with Gasteiger partial charge in [0.2, 0.25) is 5.91 Å². The third-order valence-corrected chi connectivity index (χ3v) is 3.33. The van der Waals surface area contributed by atoms with E-state index >= 15 is 0 Å². The molecule has 0 saturated carbocycles. The standard InChI is InChI=1S/C12H15N3O3/c1-12(11(17)18,9-2-4-13-5-3-9)15-7-6-14-10(16)8-15/h2-5H,6-8H2,1H3,(H,14,16)(H,17,18). The van der Waals surface area contributed by atoms with Crippen molar-refractivity contribution in [3.63, 3.8) is 0 Å². The molecule has 2 heterocycles. The van der Waals surface area contributed by atoms with E-state index in [1.54, 1.807) is 36.4 Å². The van der Waals surface area contributed by atoms with E-state index in [9.17, 15) is 14.7 Å². The van der Waals surface area contributed by atoms with Gasteiger partial charge in [-0.1, -0.05) is 0 Å². The van der Waals surface area contributed by atoms with Gasteiger partial charge in [0.1, 0.15) is 5.54 Å². The van der Waals surface area contributed by atoms with Crippen molar-refractivity contribution < 1.29 is 14.7 Å². The molecule has 1 atom stereocenters. The maximum Gasteiger partial charge on any atom is 0.328 e. The van der Waals surface area contributed by atoms with Crippen LogP contribution >= 0.6 is 0 Å². The van der Waals surface area contributed by atoms with Crippen LogP contribution in [0.5, 0.6) is 0 Å². The van der Waals surface area contributed by atoms with E-state index in [0.717, 1.165) is 0 Å². The molecule has 6 nitrogen and oxygen atoms in total. The van der Waals surface area contributed by atoms with E-state index < -0.39 is 11.5 Å². The van der Waals surface area contributed by atoms with Crippen molar-refractivity contribution in [1.82, 2.24) is 15.2 Å². The second-order valence-corrected chi connectivity index (χ2v) is 4.38. The Kier molecular flexibility index (Phi) is 3.29. The minimum Gasteiger partial charge on any atom is -0.480 e. The van der Waals surface area contributed by atoms with Crippen molar-refractivity contribution in [2.45, 2.75) is 12.5 Å². The smallest absolute Gasteiger partial charge is 0.328 e. The number of nitrogens with one attached hydrogen (secondary N) is 1. The van der Waals surface area contributed by atoms with Crippen LogP contribution < -0.4 is 5.32 Å². The molecule has 1 aliphatic rings. The van der Waals surface area contributed by atoms with Crippen molar-refractivity contribution in [3.05, 3.63) is 30.1 Å². The average Bonchev–Trinajstić information content (AvgIpc) is 2.38. The molecule has 0 aliphatic carbocycles. The van der Waals surface area contributed by atoms with Crippen molar-refractivity contribution in [1.29, 1.82) is 0 Å². The SMILES string of the molecule is CC(C(=O)O)(c1ccncc1)N1CCNC(=O)C1. The molecule has 1 amide bonds. The monoisotopic (exact) mass is 249 g/mol. The molecule has 1 aromatic rings. The average molecular weight is 249 g/mol. The quantitative estimate of drug-likeness (QED) is 0.776. The summed E-state index contributed by atoms with van der Waals surface area (Å²) in [6.45, 7) is 2.68. The number of hydrogen-bond donors (Lipinski definition) is 2. The fourth-order valence-electron chi connectivity index (χ4n) is 2.14. The third-order valence-electron chi connectivity index (χ3n) is 3.33. The molecule has 1 fully saturated rings. The van der Waals surface area contributed by atoms with Crippen LogP contribution in [0, 0.1) is 0 Å². The van der Waals surface area contributed by atoms with E-state index in [1.807, 2.05) is 0 Å². The maximum absolute atomic E-state index is 11.6. The van der Waals surface area contributed by atoms with E-state index in [0.29, 0.717) is 18.7 Å². The van der Waals surface area contributed by atoms with Gasteiger partial charge in [0.05, 0.1) is 6.54 Å². The molecule has 1 unspecified atom stereocenters. The van der Waals surface area contributed by atoms with Gasteiger partial charge in [-0.2, -0.15) is 0 Å². The highest BCUT2D eigenvalue weighted by molar-refractivity contribution is 5.83. The Morgan fingerprint density at radius 3 is 2.72 bits per heavy atom. The zero-order chi connectivity index (χ0) is 13.2. The Bertz CT molecular complexity index is 463. The summed E-state index contributed by atoms with van der Waals surface area (Å²) in [6.07, 6.45) is 3.11. The number of hydrogen-bond acceptors (Lipinski definition) is 4. The van der Waals surface area contributed by atoms with Crippen LogP contribution in [0.15, 0.2) is 24.5 Å². The first kappa shape index (κ1) is 12.5. The zero-order valence-electron chi connectivity index (χ0n) is 10.1. The number of pyridine rings is 1. The van der Waals surface area contributed by atoms with Gasteiger partial charge in [-0.3, -0.25) is 14.7 Å². The predicted molar refractivity (Wildman–Crippen MR) is 63.8 cm³/mol. The molecule has 0 spiro atoms. The number of aliphatic carboxylic acids is 1. The first-order chi connectivity index (χ1) is 8.55. The first-order valence-electron chi connectivity index (χ1n) is 5.71. The van der Waals surface area contributed by atoms with Gasteiger partial charge in [-0.05, 0) is 24.6 Å². The number of carboxylic acid groups (broad SMARTS) is 1. The summed E-state index contributed by atoms with van der Waals surface area (Å²) >= 11 is 0. The largest absolute Gasteiger partial charge is 0.480 e. The lowest BCUT2D eigenvalue weighted by Crippen LogP contribution is -2.58. The summed E-state index contributed by atoms with van der Waals surface area (Å²) in [7, 11) is 0. The minimum atomic E-state index is -1.21. The van der Waals surface area contributed by atoms with Crippen LogP contribution in [-0.2, 0) is 15.1 Å². The number of carboxylic acids is 1. The number of aromatic nitrogens is 1. The second-order valence-electron chi connectivity index (χ2n) is 4.38. The number of carbonyl (C=O) groups excluding carboxylic acids is 1. The Hall–Kier alpha value is -1.95. The van der Waals surface area contributed by atoms with Crippen molar-refractivity contribution in [2.24, 2.45) is 0 Å². The number of amides is 1. The topological polar surface area (TPSA) is 82.5 Å².